The number of nitriles is 1. The van der Waals surface area contributed by atoms with E-state index >= 15 is 0 Å². The van der Waals surface area contributed by atoms with Crippen LogP contribution in [0.25, 0.3) is 0 Å². The molecule has 0 saturated carbocycles. The number of para-hydroxylation sites is 1. The second-order valence-electron chi connectivity index (χ2n) is 8.62. The Kier molecular flexibility index (Phi) is 8.00. The van der Waals surface area contributed by atoms with Gasteiger partial charge in [-0.25, -0.2) is 4.98 Å². The van der Waals surface area contributed by atoms with E-state index in [0.717, 1.165) is 41.0 Å². The van der Waals surface area contributed by atoms with Crippen molar-refractivity contribution in [1.29, 1.82) is 5.26 Å². The summed E-state index contributed by atoms with van der Waals surface area (Å²) in [5.41, 5.74) is 4.47. The summed E-state index contributed by atoms with van der Waals surface area (Å²) in [6, 6.07) is 24.1. The van der Waals surface area contributed by atoms with E-state index in [4.69, 9.17) is 11.6 Å². The summed E-state index contributed by atoms with van der Waals surface area (Å²) in [6.07, 6.45) is 6.10. The standard InChI is InChI=1S/C29H23ClN4OS2/c30-28-21(9-6-14-32-28)17-33-24-10-4-5-11-26(24)36-18-27(35)34-29-23(16-31)22-15-20(12-13-25(22)37-29)19-7-2-1-3-8-19/h1-11,14,17,20H,12-13,15,18H2,(H,34,35). The molecule has 1 aliphatic rings. The lowest BCUT2D eigenvalue weighted by molar-refractivity contribution is -0.113. The number of fused-ring (bicyclic) bond motifs is 1. The second kappa shape index (κ2) is 11.7. The number of carbonyl (C=O) groups excluding carboxylic acids is 1. The van der Waals surface area contributed by atoms with Crippen molar-refractivity contribution in [1.82, 2.24) is 4.98 Å². The normalized spacial score (nSPS) is 14.8. The van der Waals surface area contributed by atoms with Gasteiger partial charge in [0.1, 0.15) is 16.2 Å². The van der Waals surface area contributed by atoms with E-state index in [0.29, 0.717) is 21.6 Å². The molecule has 8 heteroatoms. The van der Waals surface area contributed by atoms with Crippen molar-refractivity contribution in [3.05, 3.63) is 105 Å². The van der Waals surface area contributed by atoms with E-state index in [2.05, 4.69) is 45.6 Å². The first-order valence-electron chi connectivity index (χ1n) is 11.9. The molecule has 1 amide bonds. The lowest BCUT2D eigenvalue weighted by Crippen LogP contribution is -2.14. The minimum absolute atomic E-state index is 0.145. The number of amides is 1. The third-order valence-electron chi connectivity index (χ3n) is 6.25. The van der Waals surface area contributed by atoms with Crippen LogP contribution in [-0.4, -0.2) is 22.9 Å². The van der Waals surface area contributed by atoms with Gasteiger partial charge < -0.3 is 5.32 Å². The van der Waals surface area contributed by atoms with Crippen LogP contribution in [0.15, 0.2) is 82.8 Å². The molecule has 2 aromatic heterocycles. The number of benzene rings is 2. The number of thioether (sulfide) groups is 1. The van der Waals surface area contributed by atoms with E-state index in [1.807, 2.05) is 36.4 Å². The highest BCUT2D eigenvalue weighted by Gasteiger charge is 2.27. The fourth-order valence-electron chi connectivity index (χ4n) is 4.43. The average molecular weight is 543 g/mol. The number of rotatable bonds is 7. The number of aliphatic imine (C=N–C) groups is 1. The summed E-state index contributed by atoms with van der Waals surface area (Å²) < 4.78 is 0. The molecule has 0 fully saturated rings. The van der Waals surface area contributed by atoms with Crippen molar-refractivity contribution in [2.45, 2.75) is 30.1 Å². The molecule has 1 aliphatic carbocycles. The van der Waals surface area contributed by atoms with Gasteiger partial charge in [0.2, 0.25) is 5.91 Å². The Morgan fingerprint density at radius 3 is 2.81 bits per heavy atom. The predicted octanol–water partition coefficient (Wildman–Crippen LogP) is 7.42. The molecule has 1 unspecified atom stereocenters. The number of hydrogen-bond donors (Lipinski definition) is 1. The SMILES string of the molecule is N#Cc1c(NC(=O)CSc2ccccc2N=Cc2cccnc2Cl)sc2c1CC(c1ccccc1)CC2. The Hall–Kier alpha value is -3.44. The zero-order valence-corrected chi connectivity index (χ0v) is 22.2. The maximum atomic E-state index is 12.9. The molecule has 1 atom stereocenters. The van der Waals surface area contributed by atoms with Crippen molar-refractivity contribution < 1.29 is 4.79 Å². The maximum absolute atomic E-state index is 12.9. The van der Waals surface area contributed by atoms with Gasteiger partial charge >= 0.3 is 0 Å². The topological polar surface area (TPSA) is 78.1 Å². The van der Waals surface area contributed by atoms with Gasteiger partial charge in [0.05, 0.1) is 17.0 Å². The van der Waals surface area contributed by atoms with Crippen LogP contribution < -0.4 is 5.32 Å². The van der Waals surface area contributed by atoms with Crippen LogP contribution in [0.5, 0.6) is 0 Å². The van der Waals surface area contributed by atoms with Crippen molar-refractivity contribution in [2.24, 2.45) is 4.99 Å². The largest absolute Gasteiger partial charge is 0.316 e. The van der Waals surface area contributed by atoms with Crippen LogP contribution in [0.3, 0.4) is 0 Å². The zero-order chi connectivity index (χ0) is 25.6. The first kappa shape index (κ1) is 25.2. The smallest absolute Gasteiger partial charge is 0.235 e. The molecule has 2 heterocycles. The number of nitrogens with one attached hydrogen (secondary N) is 1. The van der Waals surface area contributed by atoms with Crippen LogP contribution in [0.2, 0.25) is 5.15 Å². The van der Waals surface area contributed by atoms with E-state index < -0.39 is 0 Å². The summed E-state index contributed by atoms with van der Waals surface area (Å²) in [6.45, 7) is 0. The molecule has 0 bridgehead atoms. The molecule has 1 N–H and O–H groups in total. The average Bonchev–Trinajstić information content (AvgIpc) is 3.28. The molecule has 0 spiro atoms. The molecule has 2 aromatic carbocycles. The Balaban J connectivity index is 1.26. The van der Waals surface area contributed by atoms with Crippen LogP contribution in [0, 0.1) is 11.3 Å². The van der Waals surface area contributed by atoms with Crippen LogP contribution in [-0.2, 0) is 17.6 Å². The third kappa shape index (κ3) is 5.94. The molecule has 0 aliphatic heterocycles. The number of carbonyl (C=O) groups is 1. The van der Waals surface area contributed by atoms with Gasteiger partial charge in [-0.15, -0.1) is 23.1 Å². The lowest BCUT2D eigenvalue weighted by atomic mass is 9.82. The number of aromatic nitrogens is 1. The summed E-state index contributed by atoms with van der Waals surface area (Å²) in [7, 11) is 0. The molecule has 5 rings (SSSR count). The van der Waals surface area contributed by atoms with Gasteiger partial charge in [-0.05, 0) is 60.6 Å². The van der Waals surface area contributed by atoms with Crippen LogP contribution in [0.1, 0.15) is 39.5 Å². The quantitative estimate of drug-likeness (QED) is 0.150. The van der Waals surface area contributed by atoms with Crippen molar-refractivity contribution in [2.75, 3.05) is 11.1 Å². The third-order valence-corrected chi connectivity index (χ3v) is 8.84. The van der Waals surface area contributed by atoms with Gasteiger partial charge in [-0.2, -0.15) is 5.26 Å². The molecule has 184 valence electrons. The van der Waals surface area contributed by atoms with Crippen molar-refractivity contribution in [3.63, 3.8) is 0 Å². The Morgan fingerprint density at radius 1 is 1.19 bits per heavy atom. The Morgan fingerprint density at radius 2 is 2.00 bits per heavy atom. The number of pyridine rings is 1. The predicted molar refractivity (Wildman–Crippen MR) is 153 cm³/mol. The van der Waals surface area contributed by atoms with Crippen LogP contribution in [0.4, 0.5) is 10.7 Å². The lowest BCUT2D eigenvalue weighted by Gasteiger charge is -2.22. The highest BCUT2D eigenvalue weighted by atomic mass is 35.5. The fourth-order valence-corrected chi connectivity index (χ4v) is 6.61. The van der Waals surface area contributed by atoms with E-state index in [1.54, 1.807) is 18.5 Å². The summed E-state index contributed by atoms with van der Waals surface area (Å²) in [4.78, 5) is 23.6. The number of hydrogen-bond acceptors (Lipinski definition) is 6. The monoisotopic (exact) mass is 542 g/mol. The Labute approximate surface area is 229 Å². The number of nitrogens with zero attached hydrogens (tertiary/aromatic N) is 3. The number of aryl methyl sites for hydroxylation is 1. The first-order valence-corrected chi connectivity index (χ1v) is 14.1. The number of anilines is 1. The summed E-state index contributed by atoms with van der Waals surface area (Å²) in [5.74, 6) is 0.460. The molecule has 4 aromatic rings. The van der Waals surface area contributed by atoms with E-state index in [9.17, 15) is 10.1 Å². The van der Waals surface area contributed by atoms with Gasteiger partial charge in [0.15, 0.2) is 0 Å². The number of halogens is 1. The molecule has 0 radical (unpaired) electrons. The van der Waals surface area contributed by atoms with Gasteiger partial charge in [0, 0.05) is 27.7 Å². The zero-order valence-electron chi connectivity index (χ0n) is 19.9. The summed E-state index contributed by atoms with van der Waals surface area (Å²) in [5, 5.41) is 14.0. The molecule has 5 nitrogen and oxygen atoms in total. The molecular weight excluding hydrogens is 520 g/mol. The van der Waals surface area contributed by atoms with E-state index in [1.165, 1.54) is 33.5 Å². The van der Waals surface area contributed by atoms with Crippen molar-refractivity contribution in [3.8, 4) is 6.07 Å². The van der Waals surface area contributed by atoms with E-state index in [-0.39, 0.29) is 11.7 Å². The molecule has 37 heavy (non-hydrogen) atoms. The molecule has 0 saturated heterocycles. The fraction of sp³-hybridized carbons (Fsp3) is 0.172. The highest BCUT2D eigenvalue weighted by Crippen LogP contribution is 2.42. The minimum Gasteiger partial charge on any atom is -0.316 e. The second-order valence-corrected chi connectivity index (χ2v) is 11.1. The number of thiophene rings is 1. The first-order chi connectivity index (χ1) is 18.1. The molecular formula is C29H23ClN4OS2. The van der Waals surface area contributed by atoms with Gasteiger partial charge in [-0.1, -0.05) is 54.1 Å². The van der Waals surface area contributed by atoms with Gasteiger partial charge in [0.25, 0.3) is 0 Å². The summed E-state index contributed by atoms with van der Waals surface area (Å²) >= 11 is 9.07. The highest BCUT2D eigenvalue weighted by molar-refractivity contribution is 8.00. The Bertz CT molecular complexity index is 1490. The van der Waals surface area contributed by atoms with Gasteiger partial charge in [-0.3, -0.25) is 9.79 Å². The maximum Gasteiger partial charge on any atom is 0.235 e. The van der Waals surface area contributed by atoms with Crippen LogP contribution >= 0.6 is 34.7 Å². The van der Waals surface area contributed by atoms with Crippen molar-refractivity contribution >= 4 is 57.5 Å². The minimum atomic E-state index is -0.145.